The summed E-state index contributed by atoms with van der Waals surface area (Å²) in [6, 6.07) is 0.0995. The van der Waals surface area contributed by atoms with Crippen molar-refractivity contribution in [2.75, 3.05) is 13.6 Å². The van der Waals surface area contributed by atoms with Gasteiger partial charge >= 0.3 is 6.09 Å². The van der Waals surface area contributed by atoms with Gasteiger partial charge < -0.3 is 15.0 Å². The molecule has 0 aromatic rings. The number of rotatable bonds is 3. The van der Waals surface area contributed by atoms with Crippen molar-refractivity contribution in [1.29, 1.82) is 0 Å². The number of ether oxygens (including phenoxy) is 1. The van der Waals surface area contributed by atoms with Crippen LogP contribution in [0.15, 0.2) is 0 Å². The first-order chi connectivity index (χ1) is 8.74. The van der Waals surface area contributed by atoms with E-state index >= 15 is 0 Å². The standard InChI is InChI=1S/C14H26N2O3/c1-6-15-12(17)10-7-8-11(9-10)16(5)13(18)19-14(2,3)4/h10-11H,6-9H2,1-5H3,(H,15,17). The lowest BCUT2D eigenvalue weighted by Gasteiger charge is -2.28. The molecule has 2 unspecified atom stereocenters. The number of hydrogen-bond donors (Lipinski definition) is 1. The van der Waals surface area contributed by atoms with Crippen molar-refractivity contribution < 1.29 is 14.3 Å². The molecule has 0 saturated heterocycles. The molecular weight excluding hydrogens is 244 g/mol. The van der Waals surface area contributed by atoms with Crippen molar-refractivity contribution in [2.24, 2.45) is 5.92 Å². The van der Waals surface area contributed by atoms with E-state index in [0.717, 1.165) is 19.3 Å². The van der Waals surface area contributed by atoms with Crippen molar-refractivity contribution in [3.8, 4) is 0 Å². The SMILES string of the molecule is CCNC(=O)C1CCC(N(C)C(=O)OC(C)(C)C)C1. The summed E-state index contributed by atoms with van der Waals surface area (Å²) >= 11 is 0. The van der Waals surface area contributed by atoms with Crippen LogP contribution in [0.1, 0.15) is 47.0 Å². The first kappa shape index (κ1) is 15.8. The van der Waals surface area contributed by atoms with Crippen LogP contribution in [0.5, 0.6) is 0 Å². The summed E-state index contributed by atoms with van der Waals surface area (Å²) in [4.78, 5) is 25.3. The second-order valence-corrected chi connectivity index (χ2v) is 6.15. The molecule has 1 aliphatic carbocycles. The van der Waals surface area contributed by atoms with Gasteiger partial charge in [0.15, 0.2) is 0 Å². The molecule has 0 aliphatic heterocycles. The second-order valence-electron chi connectivity index (χ2n) is 6.15. The molecule has 19 heavy (non-hydrogen) atoms. The minimum absolute atomic E-state index is 0.0230. The topological polar surface area (TPSA) is 58.6 Å². The van der Waals surface area contributed by atoms with Gasteiger partial charge in [-0.15, -0.1) is 0 Å². The van der Waals surface area contributed by atoms with E-state index in [1.165, 1.54) is 0 Å². The lowest BCUT2D eigenvalue weighted by Crippen LogP contribution is -2.40. The summed E-state index contributed by atoms with van der Waals surface area (Å²) in [6.07, 6.45) is 2.11. The molecule has 1 fully saturated rings. The quantitative estimate of drug-likeness (QED) is 0.855. The predicted molar refractivity (Wildman–Crippen MR) is 73.8 cm³/mol. The van der Waals surface area contributed by atoms with Crippen LogP contribution in [-0.4, -0.2) is 42.1 Å². The first-order valence-corrected chi connectivity index (χ1v) is 6.98. The zero-order valence-electron chi connectivity index (χ0n) is 12.7. The van der Waals surface area contributed by atoms with Crippen molar-refractivity contribution >= 4 is 12.0 Å². The van der Waals surface area contributed by atoms with Gasteiger partial charge in [-0.05, 0) is 47.0 Å². The molecule has 5 heteroatoms. The Bertz CT molecular complexity index is 336. The molecule has 2 atom stereocenters. The van der Waals surface area contributed by atoms with E-state index < -0.39 is 5.60 Å². The summed E-state index contributed by atoms with van der Waals surface area (Å²) in [5, 5.41) is 2.84. The molecule has 5 nitrogen and oxygen atoms in total. The highest BCUT2D eigenvalue weighted by Gasteiger charge is 2.34. The third-order valence-corrected chi connectivity index (χ3v) is 3.36. The molecule has 1 saturated carbocycles. The smallest absolute Gasteiger partial charge is 0.410 e. The van der Waals surface area contributed by atoms with Gasteiger partial charge in [0.05, 0.1) is 0 Å². The summed E-state index contributed by atoms with van der Waals surface area (Å²) in [5.41, 5.74) is -0.483. The molecule has 0 heterocycles. The number of nitrogens with zero attached hydrogens (tertiary/aromatic N) is 1. The van der Waals surface area contributed by atoms with Gasteiger partial charge in [0.1, 0.15) is 5.60 Å². The van der Waals surface area contributed by atoms with Crippen LogP contribution in [0.4, 0.5) is 4.79 Å². The highest BCUT2D eigenvalue weighted by molar-refractivity contribution is 5.79. The third-order valence-electron chi connectivity index (χ3n) is 3.36. The lowest BCUT2D eigenvalue weighted by atomic mass is 10.1. The zero-order valence-corrected chi connectivity index (χ0v) is 12.7. The Hall–Kier alpha value is -1.26. The molecule has 0 spiro atoms. The van der Waals surface area contributed by atoms with Gasteiger partial charge in [0.25, 0.3) is 0 Å². The maximum atomic E-state index is 12.0. The maximum Gasteiger partial charge on any atom is 0.410 e. The van der Waals surface area contributed by atoms with E-state index in [1.54, 1.807) is 11.9 Å². The van der Waals surface area contributed by atoms with Gasteiger partial charge in [-0.2, -0.15) is 0 Å². The van der Waals surface area contributed by atoms with E-state index in [2.05, 4.69) is 5.32 Å². The molecule has 1 aliphatic rings. The first-order valence-electron chi connectivity index (χ1n) is 6.98. The third kappa shape index (κ3) is 4.73. The van der Waals surface area contributed by atoms with E-state index in [9.17, 15) is 9.59 Å². The molecular formula is C14H26N2O3. The van der Waals surface area contributed by atoms with Crippen LogP contribution in [0.25, 0.3) is 0 Å². The maximum absolute atomic E-state index is 12.0. The predicted octanol–water partition coefficient (Wildman–Crippen LogP) is 2.16. The van der Waals surface area contributed by atoms with E-state index in [-0.39, 0.29) is 24.0 Å². The van der Waals surface area contributed by atoms with Gasteiger partial charge in [0.2, 0.25) is 5.91 Å². The van der Waals surface area contributed by atoms with Gasteiger partial charge in [0, 0.05) is 25.6 Å². The molecule has 1 N–H and O–H groups in total. The average molecular weight is 270 g/mol. The molecule has 0 aromatic heterocycles. The molecule has 2 amide bonds. The van der Waals surface area contributed by atoms with Gasteiger partial charge in [-0.25, -0.2) is 4.79 Å². The van der Waals surface area contributed by atoms with Crippen LogP contribution < -0.4 is 5.32 Å². The van der Waals surface area contributed by atoms with Crippen molar-refractivity contribution in [1.82, 2.24) is 10.2 Å². The second kappa shape index (κ2) is 6.26. The molecule has 110 valence electrons. The fourth-order valence-corrected chi connectivity index (χ4v) is 2.35. The monoisotopic (exact) mass is 270 g/mol. The van der Waals surface area contributed by atoms with E-state index in [1.807, 2.05) is 27.7 Å². The summed E-state index contributed by atoms with van der Waals surface area (Å²) < 4.78 is 5.34. The van der Waals surface area contributed by atoms with Crippen molar-refractivity contribution in [2.45, 2.75) is 58.6 Å². The summed E-state index contributed by atoms with van der Waals surface area (Å²) in [5.74, 6) is 0.123. The highest BCUT2D eigenvalue weighted by atomic mass is 16.6. The van der Waals surface area contributed by atoms with E-state index in [0.29, 0.717) is 6.54 Å². The van der Waals surface area contributed by atoms with Gasteiger partial charge in [-0.3, -0.25) is 4.79 Å². The minimum Gasteiger partial charge on any atom is -0.444 e. The normalized spacial score (nSPS) is 23.0. The van der Waals surface area contributed by atoms with Crippen LogP contribution in [0.3, 0.4) is 0 Å². The fourth-order valence-electron chi connectivity index (χ4n) is 2.35. The Labute approximate surface area is 115 Å². The fraction of sp³-hybridized carbons (Fsp3) is 0.857. The number of carbonyl (C=O) groups is 2. The highest BCUT2D eigenvalue weighted by Crippen LogP contribution is 2.29. The average Bonchev–Trinajstić information content (AvgIpc) is 2.75. The Balaban J connectivity index is 2.50. The number of nitrogens with one attached hydrogen (secondary N) is 1. The largest absolute Gasteiger partial charge is 0.444 e. The molecule has 1 rings (SSSR count). The van der Waals surface area contributed by atoms with Crippen LogP contribution in [0.2, 0.25) is 0 Å². The molecule has 0 bridgehead atoms. The summed E-state index contributed by atoms with van der Waals surface area (Å²) in [6.45, 7) is 8.12. The van der Waals surface area contributed by atoms with Crippen LogP contribution in [0, 0.1) is 5.92 Å². The molecule has 0 aromatic carbocycles. The van der Waals surface area contributed by atoms with Crippen molar-refractivity contribution in [3.05, 3.63) is 0 Å². The zero-order chi connectivity index (χ0) is 14.6. The number of amides is 2. The summed E-state index contributed by atoms with van der Waals surface area (Å²) in [7, 11) is 1.75. The minimum atomic E-state index is -0.483. The van der Waals surface area contributed by atoms with Crippen molar-refractivity contribution in [3.63, 3.8) is 0 Å². The Morgan fingerprint density at radius 2 is 1.95 bits per heavy atom. The van der Waals surface area contributed by atoms with Gasteiger partial charge in [-0.1, -0.05) is 0 Å². The van der Waals surface area contributed by atoms with E-state index in [4.69, 9.17) is 4.74 Å². The molecule has 0 radical (unpaired) electrons. The number of hydrogen-bond acceptors (Lipinski definition) is 3. The Kier molecular flexibility index (Phi) is 5.20. The Morgan fingerprint density at radius 3 is 2.47 bits per heavy atom. The van der Waals surface area contributed by atoms with Crippen LogP contribution >= 0.6 is 0 Å². The Morgan fingerprint density at radius 1 is 1.32 bits per heavy atom. The lowest BCUT2D eigenvalue weighted by molar-refractivity contribution is -0.124. The number of carbonyl (C=O) groups excluding carboxylic acids is 2. The van der Waals surface area contributed by atoms with Crippen LogP contribution in [-0.2, 0) is 9.53 Å².